The Morgan fingerprint density at radius 3 is 2.50 bits per heavy atom. The minimum absolute atomic E-state index is 0.161. The maximum atomic E-state index is 11.6. The molecule has 0 aliphatic carbocycles. The van der Waals surface area contributed by atoms with Crippen molar-refractivity contribution in [2.24, 2.45) is 0 Å². The molecule has 1 unspecified atom stereocenters. The van der Waals surface area contributed by atoms with Crippen molar-refractivity contribution in [3.63, 3.8) is 0 Å². The Morgan fingerprint density at radius 2 is 1.94 bits per heavy atom. The highest BCUT2D eigenvalue weighted by atomic mass is 16.5. The zero-order chi connectivity index (χ0) is 13.5. The molecule has 6 nitrogen and oxygen atoms in total. The second-order valence-corrected chi connectivity index (χ2v) is 3.89. The number of methoxy groups -OCH3 is 1. The fourth-order valence-electron chi connectivity index (χ4n) is 1.46. The molecule has 6 heteroatoms. The predicted octanol–water partition coefficient (Wildman–Crippen LogP) is 0.225. The molecule has 1 rings (SSSR count). The molecular weight excluding hydrogens is 238 g/mol. The van der Waals surface area contributed by atoms with Crippen molar-refractivity contribution < 1.29 is 24.9 Å². The van der Waals surface area contributed by atoms with Crippen LogP contribution in [0.25, 0.3) is 0 Å². The van der Waals surface area contributed by atoms with Crippen LogP contribution in [0.3, 0.4) is 0 Å². The molecule has 1 aromatic rings. The summed E-state index contributed by atoms with van der Waals surface area (Å²) in [6, 6.07) is 3.64. The summed E-state index contributed by atoms with van der Waals surface area (Å²) in [6.45, 7) is 0.489. The number of amides is 1. The highest BCUT2D eigenvalue weighted by Gasteiger charge is 2.09. The van der Waals surface area contributed by atoms with Crippen molar-refractivity contribution in [3.05, 3.63) is 23.8 Å². The Bertz CT molecular complexity index is 387. The van der Waals surface area contributed by atoms with Crippen molar-refractivity contribution in [3.8, 4) is 11.5 Å². The van der Waals surface area contributed by atoms with Crippen molar-refractivity contribution in [1.82, 2.24) is 5.32 Å². The number of rotatable bonds is 6. The van der Waals surface area contributed by atoms with Gasteiger partial charge in [0.25, 0.3) is 5.91 Å². The molecule has 0 heterocycles. The van der Waals surface area contributed by atoms with Crippen LogP contribution >= 0.6 is 0 Å². The highest BCUT2D eigenvalue weighted by molar-refractivity contribution is 5.95. The van der Waals surface area contributed by atoms with E-state index in [-0.39, 0.29) is 30.2 Å². The van der Waals surface area contributed by atoms with E-state index in [1.165, 1.54) is 19.2 Å². The van der Waals surface area contributed by atoms with Gasteiger partial charge in [-0.25, -0.2) is 0 Å². The molecule has 4 N–H and O–H groups in total. The third-order valence-electron chi connectivity index (χ3n) is 2.29. The van der Waals surface area contributed by atoms with E-state index in [0.29, 0.717) is 6.42 Å². The summed E-state index contributed by atoms with van der Waals surface area (Å²) < 4.78 is 4.75. The van der Waals surface area contributed by atoms with E-state index < -0.39 is 12.0 Å². The Balaban J connectivity index is 2.45. The zero-order valence-corrected chi connectivity index (χ0v) is 10.1. The molecule has 0 bridgehead atoms. The normalized spacial score (nSPS) is 12.1. The molecule has 0 radical (unpaired) electrons. The lowest BCUT2D eigenvalue weighted by atomic mass is 10.2. The van der Waals surface area contributed by atoms with Crippen LogP contribution in [-0.2, 0) is 4.74 Å². The summed E-state index contributed by atoms with van der Waals surface area (Å²) in [6.07, 6.45) is -0.266. The van der Waals surface area contributed by atoms with Crippen LogP contribution in [-0.4, -0.2) is 47.6 Å². The molecule has 0 aliphatic heterocycles. The fraction of sp³-hybridized carbons (Fsp3) is 0.417. The van der Waals surface area contributed by atoms with Crippen molar-refractivity contribution in [2.45, 2.75) is 12.5 Å². The van der Waals surface area contributed by atoms with Crippen LogP contribution in [0.5, 0.6) is 11.5 Å². The standard InChI is InChI=1S/C12H17NO5/c1-18-7-9(14)2-3-13-12(17)8-4-10(15)6-11(16)5-8/h4-6,9,14-16H,2-3,7H2,1H3,(H,13,17). The number of aliphatic hydroxyl groups excluding tert-OH is 1. The summed E-state index contributed by atoms with van der Waals surface area (Å²) >= 11 is 0. The first-order valence-corrected chi connectivity index (χ1v) is 5.51. The average molecular weight is 255 g/mol. The number of phenolic OH excluding ortho intramolecular Hbond substituents is 2. The van der Waals surface area contributed by atoms with E-state index in [1.54, 1.807) is 0 Å². The van der Waals surface area contributed by atoms with Gasteiger partial charge in [-0.05, 0) is 18.6 Å². The maximum Gasteiger partial charge on any atom is 0.251 e. The predicted molar refractivity (Wildman–Crippen MR) is 64.6 cm³/mol. The number of carbonyl (C=O) groups excluding carboxylic acids is 1. The topological polar surface area (TPSA) is 99.0 Å². The molecule has 100 valence electrons. The van der Waals surface area contributed by atoms with Gasteiger partial charge in [0.15, 0.2) is 0 Å². The number of hydrogen-bond acceptors (Lipinski definition) is 5. The zero-order valence-electron chi connectivity index (χ0n) is 10.1. The summed E-state index contributed by atoms with van der Waals surface area (Å²) in [5, 5.41) is 30.4. The van der Waals surface area contributed by atoms with Gasteiger partial charge in [-0.2, -0.15) is 0 Å². The summed E-state index contributed by atoms with van der Waals surface area (Å²) in [5.74, 6) is -0.787. The van der Waals surface area contributed by atoms with Crippen molar-refractivity contribution in [1.29, 1.82) is 0 Å². The minimum Gasteiger partial charge on any atom is -0.508 e. The van der Waals surface area contributed by atoms with E-state index in [0.717, 1.165) is 6.07 Å². The lowest BCUT2D eigenvalue weighted by Crippen LogP contribution is -2.28. The largest absolute Gasteiger partial charge is 0.508 e. The van der Waals surface area contributed by atoms with Gasteiger partial charge in [0.05, 0.1) is 12.7 Å². The van der Waals surface area contributed by atoms with Gasteiger partial charge in [-0.15, -0.1) is 0 Å². The molecular formula is C12H17NO5. The number of nitrogens with one attached hydrogen (secondary N) is 1. The maximum absolute atomic E-state index is 11.6. The van der Waals surface area contributed by atoms with Crippen LogP contribution in [0.4, 0.5) is 0 Å². The first-order chi connectivity index (χ1) is 8.52. The molecule has 0 aromatic heterocycles. The molecule has 1 aromatic carbocycles. The van der Waals surface area contributed by atoms with E-state index >= 15 is 0 Å². The molecule has 1 atom stereocenters. The molecule has 0 spiro atoms. The molecule has 0 fully saturated rings. The number of phenols is 2. The second kappa shape index (κ2) is 6.83. The number of ether oxygens (including phenoxy) is 1. The Kier molecular flexibility index (Phi) is 5.41. The molecule has 0 aliphatic rings. The first kappa shape index (κ1) is 14.3. The van der Waals surface area contributed by atoms with Crippen LogP contribution in [0.1, 0.15) is 16.8 Å². The van der Waals surface area contributed by atoms with Gasteiger partial charge in [0.1, 0.15) is 11.5 Å². The molecule has 0 saturated heterocycles. The second-order valence-electron chi connectivity index (χ2n) is 3.89. The molecule has 1 amide bonds. The Hall–Kier alpha value is -1.79. The fourth-order valence-corrected chi connectivity index (χ4v) is 1.46. The smallest absolute Gasteiger partial charge is 0.251 e. The summed E-state index contributed by atoms with van der Waals surface area (Å²) in [4.78, 5) is 11.6. The number of aliphatic hydroxyl groups is 1. The first-order valence-electron chi connectivity index (χ1n) is 5.51. The van der Waals surface area contributed by atoms with Crippen LogP contribution in [0.15, 0.2) is 18.2 Å². The Morgan fingerprint density at radius 1 is 1.33 bits per heavy atom. The summed E-state index contributed by atoms with van der Waals surface area (Å²) in [5.41, 5.74) is 0.161. The number of carbonyl (C=O) groups is 1. The van der Waals surface area contributed by atoms with Crippen LogP contribution in [0, 0.1) is 0 Å². The molecule has 0 saturated carbocycles. The average Bonchev–Trinajstić information content (AvgIpc) is 2.27. The van der Waals surface area contributed by atoms with E-state index in [9.17, 15) is 20.1 Å². The third-order valence-corrected chi connectivity index (χ3v) is 2.29. The SMILES string of the molecule is COCC(O)CCNC(=O)c1cc(O)cc(O)c1. The lowest BCUT2D eigenvalue weighted by molar-refractivity contribution is 0.0587. The number of aromatic hydroxyl groups is 2. The number of benzene rings is 1. The van der Waals surface area contributed by atoms with E-state index in [2.05, 4.69) is 5.32 Å². The van der Waals surface area contributed by atoms with Gasteiger partial charge < -0.3 is 25.4 Å². The van der Waals surface area contributed by atoms with Gasteiger partial charge in [0, 0.05) is 25.3 Å². The van der Waals surface area contributed by atoms with Crippen LogP contribution in [0.2, 0.25) is 0 Å². The lowest BCUT2D eigenvalue weighted by Gasteiger charge is -2.10. The van der Waals surface area contributed by atoms with Gasteiger partial charge in [0.2, 0.25) is 0 Å². The third kappa shape index (κ3) is 4.60. The van der Waals surface area contributed by atoms with Crippen molar-refractivity contribution >= 4 is 5.91 Å². The Labute approximate surface area is 105 Å². The monoisotopic (exact) mass is 255 g/mol. The van der Waals surface area contributed by atoms with E-state index in [4.69, 9.17) is 4.74 Å². The quantitative estimate of drug-likeness (QED) is 0.583. The number of hydrogen-bond donors (Lipinski definition) is 4. The minimum atomic E-state index is -0.632. The molecule has 18 heavy (non-hydrogen) atoms. The van der Waals surface area contributed by atoms with Gasteiger partial charge in [-0.1, -0.05) is 0 Å². The van der Waals surface area contributed by atoms with Crippen LogP contribution < -0.4 is 5.32 Å². The van der Waals surface area contributed by atoms with Gasteiger partial charge in [-0.3, -0.25) is 4.79 Å². The summed E-state index contributed by atoms with van der Waals surface area (Å²) in [7, 11) is 1.48. The van der Waals surface area contributed by atoms with Gasteiger partial charge >= 0.3 is 0 Å². The van der Waals surface area contributed by atoms with E-state index in [1.807, 2.05) is 0 Å². The van der Waals surface area contributed by atoms with Crippen molar-refractivity contribution in [2.75, 3.05) is 20.3 Å². The highest BCUT2D eigenvalue weighted by Crippen LogP contribution is 2.20.